The van der Waals surface area contributed by atoms with Crippen LogP contribution in [0.4, 0.5) is 0 Å². The number of rotatable bonds is 0. The van der Waals surface area contributed by atoms with Crippen molar-refractivity contribution in [1.29, 1.82) is 0 Å². The van der Waals surface area contributed by atoms with E-state index in [4.69, 9.17) is 13.4 Å². The van der Waals surface area contributed by atoms with Gasteiger partial charge in [0.05, 0.1) is 51.1 Å². The van der Waals surface area contributed by atoms with Crippen molar-refractivity contribution in [3.05, 3.63) is 222 Å². The standard InChI is InChI=1S/3C7H12N2.2C7H11N.2C6H9NO.2C6H9NS.C6H8O.C6H8S.C5H9N3.4C2H6.8CH4/c2*1-5-6(2)9(4)7(3)8-5;1-5-6(2)8-9(4)7(5)3;2*1-6-4-7(2)8(3)5-6;1-4-5(2)8-6(3)7-4;1-4-5(2)7-8-6(4)3;1-4-5(2)8-6(3)7-4;1-4-5(2)7-8-6(4)3;2*1-5-3-6(2)7-4-5;1-4-6-5(2)8(3)7-4;4*1-2;;;;;;;;/h3*1-4H3;2*4-5H,1-3H3;4*1-3H3;2*3-4H,1-2H3;1-3H3;4*1-2H3;8*1H4. The molecule has 654 valence electrons. The van der Waals surface area contributed by atoms with Gasteiger partial charge in [0.25, 0.3) is 0 Å². The minimum Gasteiger partial charge on any atom is -0.469 e. The van der Waals surface area contributed by atoms with Gasteiger partial charge in [-0.15, -0.1) is 22.7 Å². The molecule has 0 aliphatic rings. The van der Waals surface area contributed by atoms with Crippen LogP contribution in [0.1, 0.15) is 288 Å². The summed E-state index contributed by atoms with van der Waals surface area (Å²) >= 11 is 5.14. The summed E-state index contributed by atoms with van der Waals surface area (Å²) in [7, 11) is 12.0. The molecule has 12 rings (SSSR count). The normalized spacial score (nSPS) is 8.72. The molecule has 12 aromatic rings. The van der Waals surface area contributed by atoms with Crippen molar-refractivity contribution < 1.29 is 13.4 Å². The minimum atomic E-state index is 0. The Kier molecular flexibility index (Phi) is 80.7. The third-order valence-electron chi connectivity index (χ3n) is 16.2. The van der Waals surface area contributed by atoms with E-state index in [1.807, 2.05) is 219 Å². The Bertz CT molecular complexity index is 3550. The number of nitrogens with zero attached hydrogens (tertiary/aromatic N) is 15. The minimum absolute atomic E-state index is 0. The van der Waals surface area contributed by atoms with Crippen molar-refractivity contribution >= 4 is 34.2 Å². The zero-order valence-corrected chi connectivity index (χ0v) is 76.7. The monoisotopic (exact) mass is 1630 g/mol. The molecule has 113 heavy (non-hydrogen) atoms. The van der Waals surface area contributed by atoms with Crippen molar-refractivity contribution in [3.8, 4) is 0 Å². The van der Waals surface area contributed by atoms with Gasteiger partial charge >= 0.3 is 0 Å². The Labute approximate surface area is 708 Å². The highest BCUT2D eigenvalue weighted by atomic mass is 32.1. The number of thiophene rings is 1. The molecule has 0 N–H and O–H groups in total. The second kappa shape index (κ2) is 69.5. The maximum Gasteiger partial charge on any atom is 0.191 e. The number of thiazole rings is 1. The van der Waals surface area contributed by atoms with E-state index in [1.54, 1.807) is 45.2 Å². The zero-order valence-electron chi connectivity index (χ0n) is 74.3. The van der Waals surface area contributed by atoms with Crippen LogP contribution in [0.3, 0.4) is 0 Å². The molecule has 0 unspecified atom stereocenters. The molecule has 0 aromatic carbocycles. The highest BCUT2D eigenvalue weighted by molar-refractivity contribution is 7.11. The van der Waals surface area contributed by atoms with Crippen LogP contribution in [0.5, 0.6) is 0 Å². The van der Waals surface area contributed by atoms with Gasteiger partial charge < -0.3 is 31.6 Å². The van der Waals surface area contributed by atoms with Gasteiger partial charge in [0.15, 0.2) is 5.89 Å². The molecule has 0 radical (unpaired) electrons. The molecule has 12 aromatic heterocycles. The molecule has 0 fully saturated rings. The van der Waals surface area contributed by atoms with Crippen LogP contribution in [0.25, 0.3) is 0 Å². The predicted octanol–water partition coefficient (Wildman–Crippen LogP) is 28.5. The molecule has 0 bridgehead atoms. The van der Waals surface area contributed by atoms with E-state index in [9.17, 15) is 0 Å². The SMILES string of the molecule is C.C.C.C.C.C.C.C.CC.CC.CC.CC.Cc1cc(C)n(C)c1.Cc1cc(C)n(C)c1.Cc1coc(C)c1.Cc1csc(C)c1.Cc1nc(C)c(C)o1.Cc1nc(C)c(C)s1.Cc1nc(C)n(C)c1C.Cc1nc(C)n(C)c1C.Cc1nc(C)n(C)n1.Cc1nn(C)c(C)c1C.Cc1noc(C)c1C.Cc1nsc(C)c1C. The lowest BCUT2D eigenvalue weighted by Crippen LogP contribution is -1.92. The van der Waals surface area contributed by atoms with Gasteiger partial charge in [0.1, 0.15) is 40.6 Å². The van der Waals surface area contributed by atoms with Crippen molar-refractivity contribution in [1.82, 2.24) is 72.3 Å². The summed E-state index contributed by atoms with van der Waals surface area (Å²) in [6.07, 6.45) is 5.99. The van der Waals surface area contributed by atoms with Crippen LogP contribution in [0.15, 0.2) is 61.7 Å². The second-order valence-corrected chi connectivity index (χ2v) is 28.2. The van der Waals surface area contributed by atoms with Gasteiger partial charge in [-0.1, -0.05) is 120 Å². The van der Waals surface area contributed by atoms with Gasteiger partial charge in [0.2, 0.25) is 0 Å². The fraction of sp³-hybridized carbons (Fsp3) is 0.576. The fourth-order valence-corrected chi connectivity index (χ4v) is 10.7. The Morgan fingerprint density at radius 1 is 0.363 bits per heavy atom. The van der Waals surface area contributed by atoms with E-state index in [0.717, 1.165) is 80.5 Å². The summed E-state index contributed by atoms with van der Waals surface area (Å²) in [6.45, 7) is 78.8. The molecule has 0 saturated carbocycles. The smallest absolute Gasteiger partial charge is 0.191 e. The Hall–Kier alpha value is -8.01. The first-order valence-corrected chi connectivity index (χ1v) is 38.9. The average Bonchev–Trinajstić information content (AvgIpc) is 1.73. The van der Waals surface area contributed by atoms with E-state index < -0.39 is 0 Å². The van der Waals surface area contributed by atoms with Crippen LogP contribution in [0, 0.1) is 215 Å². The largest absolute Gasteiger partial charge is 0.469 e. The molecule has 0 saturated heterocycles. The molecule has 21 heteroatoms. The highest BCUT2D eigenvalue weighted by Gasteiger charge is 2.05. The molecule has 0 aliphatic heterocycles. The van der Waals surface area contributed by atoms with E-state index in [-0.39, 0.29) is 59.4 Å². The van der Waals surface area contributed by atoms with Crippen LogP contribution >= 0.6 is 34.2 Å². The number of imidazole rings is 2. The first-order valence-electron chi connectivity index (χ1n) is 36.5. The third-order valence-corrected chi connectivity index (χ3v) is 19.1. The van der Waals surface area contributed by atoms with Gasteiger partial charge in [0, 0.05) is 110 Å². The summed E-state index contributed by atoms with van der Waals surface area (Å²) in [5, 5.41) is 15.3. The summed E-state index contributed by atoms with van der Waals surface area (Å²) in [4.78, 5) is 25.0. The summed E-state index contributed by atoms with van der Waals surface area (Å²) in [5.74, 6) is 7.55. The number of aryl methyl sites for hydroxylation is 29. The highest BCUT2D eigenvalue weighted by Crippen LogP contribution is 2.17. The molecule has 0 atom stereocenters. The lowest BCUT2D eigenvalue weighted by atomic mass is 10.2. The zero-order chi connectivity index (χ0) is 82.6. The van der Waals surface area contributed by atoms with E-state index in [1.165, 1.54) is 92.9 Å². The Balaban J connectivity index is -0.0000000971. The number of hydrogen-bond donors (Lipinski definition) is 0. The van der Waals surface area contributed by atoms with Crippen LogP contribution in [0.2, 0.25) is 0 Å². The average molecular weight is 1640 g/mol. The third kappa shape index (κ3) is 52.2. The predicted molar refractivity (Wildman–Crippen MR) is 508 cm³/mol. The lowest BCUT2D eigenvalue weighted by molar-refractivity contribution is 0.392. The van der Waals surface area contributed by atoms with Crippen molar-refractivity contribution in [3.63, 3.8) is 0 Å². The summed E-state index contributed by atoms with van der Waals surface area (Å²) in [5.41, 5.74) is 23.2. The molecule has 18 nitrogen and oxygen atoms in total. The van der Waals surface area contributed by atoms with E-state index in [0.29, 0.717) is 0 Å². The van der Waals surface area contributed by atoms with E-state index >= 15 is 0 Å². The first kappa shape index (κ1) is 131. The number of hydrogen-bond acceptors (Lipinski definition) is 15. The van der Waals surface area contributed by atoms with Gasteiger partial charge in [-0.25, -0.2) is 24.9 Å². The van der Waals surface area contributed by atoms with Gasteiger partial charge in [-0.05, 0) is 282 Å². The fourth-order valence-electron chi connectivity index (χ4n) is 8.49. The first-order chi connectivity index (χ1) is 48.9. The molecular weight excluding hydrogens is 1460 g/mol. The Morgan fingerprint density at radius 2 is 0.805 bits per heavy atom. The van der Waals surface area contributed by atoms with Crippen molar-refractivity contribution in [2.24, 2.45) is 42.3 Å². The van der Waals surface area contributed by atoms with Crippen molar-refractivity contribution in [2.45, 2.75) is 329 Å². The van der Waals surface area contributed by atoms with Crippen molar-refractivity contribution in [2.75, 3.05) is 0 Å². The molecule has 0 spiro atoms. The Morgan fingerprint density at radius 3 is 0.894 bits per heavy atom. The number of aromatic nitrogens is 15. The quantitative estimate of drug-likeness (QED) is 0.140. The topological polar surface area (TPSA) is 185 Å². The van der Waals surface area contributed by atoms with Gasteiger partial charge in [-0.3, -0.25) is 9.36 Å². The van der Waals surface area contributed by atoms with Crippen LogP contribution < -0.4 is 0 Å². The lowest BCUT2D eigenvalue weighted by Gasteiger charge is -1.94. The molecule has 0 amide bonds. The summed E-state index contributed by atoms with van der Waals surface area (Å²) < 4.78 is 31.2. The number of oxazole rings is 1. The van der Waals surface area contributed by atoms with E-state index in [2.05, 4.69) is 203 Å². The molecule has 12 heterocycles. The maximum absolute atomic E-state index is 5.10. The molecule has 0 aliphatic carbocycles. The maximum atomic E-state index is 5.10. The van der Waals surface area contributed by atoms with Crippen LogP contribution in [-0.2, 0) is 42.3 Å². The second-order valence-electron chi connectivity index (χ2n) is 24.7. The van der Waals surface area contributed by atoms with Crippen LogP contribution in [-0.4, -0.2) is 72.3 Å². The number of furan rings is 1. The van der Waals surface area contributed by atoms with Gasteiger partial charge in [-0.2, -0.15) is 14.6 Å². The molecular formula is C92H175N15O3S3. The summed E-state index contributed by atoms with van der Waals surface area (Å²) in [6, 6.07) is 8.52.